The Hall–Kier alpha value is -3.01. The first-order valence-electron chi connectivity index (χ1n) is 12.8. The maximum atomic E-state index is 12.3. The summed E-state index contributed by atoms with van der Waals surface area (Å²) in [7, 11) is 1.85. The van der Waals surface area contributed by atoms with Gasteiger partial charge in [-0.3, -0.25) is 10.2 Å². The number of thiol groups is 1. The van der Waals surface area contributed by atoms with Crippen LogP contribution in [0.15, 0.2) is 35.0 Å². The van der Waals surface area contributed by atoms with Crippen molar-refractivity contribution in [3.63, 3.8) is 0 Å². The second kappa shape index (κ2) is 11.6. The standard InChI is InChI=1S/C27H41N7O2S/c1-6-27(10-11-27)16-36-21(29)9-12-32-22-8-7-19(24(30)35)25(33-22)34-15-18(14-26(34,3)4)13-20(31-5)23(37)17(2)28/h7-9,12,18,28-29,31,37H,6,10-11,13-16H2,1-5H3,(H2,30,35)(H,32,33)/b12-9-,23-20+,28-17?,29-21?. The van der Waals surface area contributed by atoms with Gasteiger partial charge in [0.2, 0.25) is 5.90 Å². The Kier molecular flexibility index (Phi) is 8.94. The summed E-state index contributed by atoms with van der Waals surface area (Å²) in [5.74, 6) is 0.920. The summed E-state index contributed by atoms with van der Waals surface area (Å²) >= 11 is 4.51. The van der Waals surface area contributed by atoms with Crippen molar-refractivity contribution in [2.24, 2.45) is 17.1 Å². The molecule has 1 amide bonds. The summed E-state index contributed by atoms with van der Waals surface area (Å²) in [5, 5.41) is 22.3. The van der Waals surface area contributed by atoms with Gasteiger partial charge in [-0.05, 0) is 70.9 Å². The highest BCUT2D eigenvalue weighted by molar-refractivity contribution is 7.85. The van der Waals surface area contributed by atoms with E-state index in [0.29, 0.717) is 41.0 Å². The zero-order valence-electron chi connectivity index (χ0n) is 22.6. The Morgan fingerprint density at radius 2 is 2.05 bits per heavy atom. The first kappa shape index (κ1) is 28.6. The number of ether oxygens (including phenoxy) is 1. The number of hydrogen-bond acceptors (Lipinski definition) is 9. The fourth-order valence-electron chi connectivity index (χ4n) is 4.91. The monoisotopic (exact) mass is 527 g/mol. The van der Waals surface area contributed by atoms with Crippen molar-refractivity contribution in [2.45, 2.75) is 65.3 Å². The van der Waals surface area contributed by atoms with Crippen LogP contribution in [0.3, 0.4) is 0 Å². The quantitative estimate of drug-likeness (QED) is 0.132. The summed E-state index contributed by atoms with van der Waals surface area (Å²) in [5.41, 5.74) is 7.42. The van der Waals surface area contributed by atoms with E-state index in [2.05, 4.69) is 48.9 Å². The topological polar surface area (TPSA) is 140 Å². The number of pyridine rings is 1. The van der Waals surface area contributed by atoms with Gasteiger partial charge >= 0.3 is 0 Å². The van der Waals surface area contributed by atoms with E-state index < -0.39 is 5.91 Å². The number of carbonyl (C=O) groups excluding carboxylic acids is 1. The first-order chi connectivity index (χ1) is 17.4. The minimum absolute atomic E-state index is 0.0989. The summed E-state index contributed by atoms with van der Waals surface area (Å²) in [4.78, 5) is 19.8. The Morgan fingerprint density at radius 3 is 2.62 bits per heavy atom. The molecule has 6 N–H and O–H groups in total. The van der Waals surface area contributed by atoms with Gasteiger partial charge in [-0.25, -0.2) is 4.98 Å². The predicted molar refractivity (Wildman–Crippen MR) is 154 cm³/mol. The number of primary amides is 1. The number of hydrogen-bond donors (Lipinski definition) is 6. The van der Waals surface area contributed by atoms with Crippen LogP contribution < -0.4 is 21.3 Å². The van der Waals surface area contributed by atoms with Gasteiger partial charge in [0.05, 0.1) is 12.2 Å². The molecule has 1 aliphatic heterocycles. The van der Waals surface area contributed by atoms with Crippen LogP contribution in [0, 0.1) is 22.2 Å². The van der Waals surface area contributed by atoms with E-state index in [0.717, 1.165) is 37.8 Å². The van der Waals surface area contributed by atoms with E-state index in [1.165, 1.54) is 0 Å². The fourth-order valence-corrected chi connectivity index (χ4v) is 5.12. The van der Waals surface area contributed by atoms with Gasteiger partial charge in [-0.2, -0.15) is 0 Å². The Labute approximate surface area is 225 Å². The number of rotatable bonds is 12. The second-order valence-corrected chi connectivity index (χ2v) is 11.3. The molecule has 1 saturated heterocycles. The molecule has 2 heterocycles. The van der Waals surface area contributed by atoms with E-state index in [9.17, 15) is 4.79 Å². The van der Waals surface area contributed by atoms with Crippen molar-refractivity contribution < 1.29 is 9.53 Å². The predicted octanol–water partition coefficient (Wildman–Crippen LogP) is 4.69. The summed E-state index contributed by atoms with van der Waals surface area (Å²) in [6, 6.07) is 3.39. The zero-order chi connectivity index (χ0) is 27.4. The number of nitrogens with two attached hydrogens (primary N) is 1. The average molecular weight is 528 g/mol. The van der Waals surface area contributed by atoms with Gasteiger partial charge < -0.3 is 31.4 Å². The van der Waals surface area contributed by atoms with E-state index >= 15 is 0 Å². The molecule has 202 valence electrons. The normalized spacial score (nSPS) is 20.4. The van der Waals surface area contributed by atoms with Crippen LogP contribution in [-0.4, -0.2) is 48.2 Å². The molecule has 0 aromatic carbocycles. The lowest BCUT2D eigenvalue weighted by atomic mass is 9.93. The molecule has 1 unspecified atom stereocenters. The summed E-state index contributed by atoms with van der Waals surface area (Å²) < 4.78 is 5.60. The molecule has 1 atom stereocenters. The van der Waals surface area contributed by atoms with Gasteiger partial charge in [0, 0.05) is 53.1 Å². The summed E-state index contributed by atoms with van der Waals surface area (Å²) in [6.45, 7) is 9.40. The lowest BCUT2D eigenvalue weighted by molar-refractivity contribution is 0.100. The first-order valence-corrected chi connectivity index (χ1v) is 13.2. The van der Waals surface area contributed by atoms with Crippen LogP contribution in [0.5, 0.6) is 0 Å². The number of anilines is 2. The number of amides is 1. The molecule has 1 saturated carbocycles. The van der Waals surface area contributed by atoms with Crippen LogP contribution >= 0.6 is 12.6 Å². The Morgan fingerprint density at radius 1 is 1.35 bits per heavy atom. The largest absolute Gasteiger partial charge is 0.477 e. The number of nitrogens with zero attached hydrogens (tertiary/aromatic N) is 2. The van der Waals surface area contributed by atoms with Crippen molar-refractivity contribution in [2.75, 3.05) is 30.4 Å². The van der Waals surface area contributed by atoms with Crippen molar-refractivity contribution >= 4 is 41.8 Å². The second-order valence-electron chi connectivity index (χ2n) is 10.8. The van der Waals surface area contributed by atoms with Gasteiger partial charge in [-0.15, -0.1) is 12.6 Å². The van der Waals surface area contributed by atoms with Gasteiger partial charge in [0.25, 0.3) is 5.91 Å². The molecule has 3 rings (SSSR count). The van der Waals surface area contributed by atoms with Crippen LogP contribution in [0.4, 0.5) is 11.6 Å². The number of aromatic nitrogens is 1. The van der Waals surface area contributed by atoms with Gasteiger partial charge in [-0.1, -0.05) is 6.92 Å². The van der Waals surface area contributed by atoms with Gasteiger partial charge in [0.15, 0.2) is 0 Å². The Bertz CT molecular complexity index is 1110. The number of nitrogens with one attached hydrogen (secondary N) is 4. The van der Waals surface area contributed by atoms with E-state index in [1.54, 1.807) is 31.3 Å². The molecule has 1 aromatic rings. The highest BCUT2D eigenvalue weighted by Gasteiger charge is 2.42. The molecule has 0 spiro atoms. The highest BCUT2D eigenvalue weighted by atomic mass is 32.1. The van der Waals surface area contributed by atoms with Crippen LogP contribution in [-0.2, 0) is 4.74 Å². The highest BCUT2D eigenvalue weighted by Crippen LogP contribution is 2.48. The Balaban J connectivity index is 1.75. The maximum Gasteiger partial charge on any atom is 0.252 e. The molecule has 1 aliphatic carbocycles. The molecule has 9 nitrogen and oxygen atoms in total. The molecule has 37 heavy (non-hydrogen) atoms. The van der Waals surface area contributed by atoms with E-state index in [-0.39, 0.29) is 22.8 Å². The maximum absolute atomic E-state index is 12.3. The number of carbonyl (C=O) groups is 1. The molecular weight excluding hydrogens is 486 g/mol. The van der Waals surface area contributed by atoms with Crippen molar-refractivity contribution in [1.29, 1.82) is 10.8 Å². The summed E-state index contributed by atoms with van der Waals surface area (Å²) in [6.07, 6.45) is 8.20. The molecular formula is C27H41N7O2S. The minimum atomic E-state index is -0.531. The van der Waals surface area contributed by atoms with Gasteiger partial charge in [0.1, 0.15) is 11.6 Å². The average Bonchev–Trinajstić information content (AvgIpc) is 3.57. The lowest BCUT2D eigenvalue weighted by Gasteiger charge is -2.33. The van der Waals surface area contributed by atoms with Crippen LogP contribution in [0.2, 0.25) is 0 Å². The van der Waals surface area contributed by atoms with Crippen molar-refractivity contribution in [3.05, 3.63) is 40.6 Å². The van der Waals surface area contributed by atoms with Crippen molar-refractivity contribution in [1.82, 2.24) is 10.3 Å². The molecule has 10 heteroatoms. The number of allylic oxidation sites excluding steroid dienone is 2. The molecule has 0 bridgehead atoms. The van der Waals surface area contributed by atoms with Crippen LogP contribution in [0.25, 0.3) is 0 Å². The van der Waals surface area contributed by atoms with E-state index in [1.807, 2.05) is 7.05 Å². The SMILES string of the molecule is CCC1(COC(=N)/C=C\Nc2ccc(C(N)=O)c(N3CC(C/C(NC)=C(\S)C(C)=N)CC3(C)C)n2)CC1. The fraction of sp³-hybridized carbons (Fsp3) is 0.556. The van der Waals surface area contributed by atoms with Crippen LogP contribution in [0.1, 0.15) is 70.2 Å². The third-order valence-corrected chi connectivity index (χ3v) is 8.10. The third kappa shape index (κ3) is 7.06. The lowest BCUT2D eigenvalue weighted by Crippen LogP contribution is -2.40. The zero-order valence-corrected chi connectivity index (χ0v) is 23.5. The van der Waals surface area contributed by atoms with E-state index in [4.69, 9.17) is 26.3 Å². The minimum Gasteiger partial charge on any atom is -0.477 e. The molecule has 2 fully saturated rings. The smallest absolute Gasteiger partial charge is 0.252 e. The molecule has 0 radical (unpaired) electrons. The molecule has 2 aliphatic rings. The molecule has 1 aromatic heterocycles. The third-order valence-electron chi connectivity index (χ3n) is 7.50. The van der Waals surface area contributed by atoms with Crippen molar-refractivity contribution in [3.8, 4) is 0 Å².